The van der Waals surface area contributed by atoms with Gasteiger partial charge in [-0.2, -0.15) is 0 Å². The Morgan fingerprint density at radius 2 is 2.21 bits per heavy atom. The van der Waals surface area contributed by atoms with Gasteiger partial charge in [-0.15, -0.1) is 0 Å². The highest BCUT2D eigenvalue weighted by atomic mass is 16.5. The molecule has 1 spiro atoms. The van der Waals surface area contributed by atoms with E-state index in [1.165, 1.54) is 0 Å². The number of ether oxygens (including phenoxy) is 1. The Morgan fingerprint density at radius 1 is 1.38 bits per heavy atom. The van der Waals surface area contributed by atoms with Crippen molar-refractivity contribution in [1.29, 1.82) is 0 Å². The maximum absolute atomic E-state index is 11.7. The highest BCUT2D eigenvalue weighted by Crippen LogP contribution is 2.35. The molecule has 3 rings (SSSR count). The smallest absolute Gasteiger partial charge is 0.220 e. The van der Waals surface area contributed by atoms with Gasteiger partial charge in [0.2, 0.25) is 5.91 Å². The van der Waals surface area contributed by atoms with E-state index in [1.54, 1.807) is 0 Å². The van der Waals surface area contributed by atoms with Gasteiger partial charge in [-0.25, -0.2) is 0 Å². The van der Waals surface area contributed by atoms with Crippen molar-refractivity contribution >= 4 is 11.9 Å². The van der Waals surface area contributed by atoms with E-state index >= 15 is 0 Å². The van der Waals surface area contributed by atoms with Gasteiger partial charge in [-0.05, 0) is 19.8 Å². The average molecular weight is 337 g/mol. The van der Waals surface area contributed by atoms with Crippen LogP contribution in [0, 0.1) is 5.41 Å². The summed E-state index contributed by atoms with van der Waals surface area (Å²) in [7, 11) is 0. The summed E-state index contributed by atoms with van der Waals surface area (Å²) in [4.78, 5) is 21.3. The number of rotatable bonds is 4. The molecule has 0 saturated carbocycles. The van der Waals surface area contributed by atoms with Crippen LogP contribution in [0.2, 0.25) is 0 Å². The van der Waals surface area contributed by atoms with Gasteiger partial charge in [-0.3, -0.25) is 14.7 Å². The summed E-state index contributed by atoms with van der Waals surface area (Å²) in [5.41, 5.74) is 0.107. The van der Waals surface area contributed by atoms with Gasteiger partial charge in [0, 0.05) is 57.6 Å². The summed E-state index contributed by atoms with van der Waals surface area (Å²) in [5, 5.41) is 6.45. The molecule has 0 aromatic heterocycles. The maximum atomic E-state index is 11.7. The summed E-state index contributed by atoms with van der Waals surface area (Å²) in [6, 6.07) is 0. The predicted octanol–water partition coefficient (Wildman–Crippen LogP) is -0.114. The fourth-order valence-corrected chi connectivity index (χ4v) is 3.98. The van der Waals surface area contributed by atoms with Crippen LogP contribution in [-0.2, 0) is 9.53 Å². The molecular weight excluding hydrogens is 306 g/mol. The molecule has 0 aromatic carbocycles. The Bertz CT molecular complexity index is 464. The van der Waals surface area contributed by atoms with Crippen molar-refractivity contribution in [2.45, 2.75) is 26.2 Å². The van der Waals surface area contributed by atoms with Crippen LogP contribution in [0.5, 0.6) is 0 Å². The SMILES string of the molecule is CCNC(=NCCN1CCOCC1)N1CCCC2(CNC(=O)C2)C1. The number of hydrogen-bond donors (Lipinski definition) is 2. The minimum Gasteiger partial charge on any atom is -0.379 e. The van der Waals surface area contributed by atoms with Crippen molar-refractivity contribution in [2.24, 2.45) is 10.4 Å². The van der Waals surface area contributed by atoms with Crippen LogP contribution in [0.25, 0.3) is 0 Å². The molecule has 0 bridgehead atoms. The van der Waals surface area contributed by atoms with Crippen molar-refractivity contribution < 1.29 is 9.53 Å². The molecule has 24 heavy (non-hydrogen) atoms. The standard InChI is InChI=1S/C17H31N5O2/c1-2-18-16(19-5-7-21-8-10-24-11-9-21)22-6-3-4-17(14-22)12-15(23)20-13-17/h2-14H2,1H3,(H,18,19)(H,20,23). The van der Waals surface area contributed by atoms with Gasteiger partial charge >= 0.3 is 0 Å². The number of piperidine rings is 1. The number of amides is 1. The summed E-state index contributed by atoms with van der Waals surface area (Å²) >= 11 is 0. The lowest BCUT2D eigenvalue weighted by molar-refractivity contribution is -0.119. The van der Waals surface area contributed by atoms with Crippen molar-refractivity contribution in [3.63, 3.8) is 0 Å². The van der Waals surface area contributed by atoms with Crippen LogP contribution in [-0.4, -0.2) is 87.2 Å². The van der Waals surface area contributed by atoms with Crippen molar-refractivity contribution in [2.75, 3.05) is 65.6 Å². The average Bonchev–Trinajstić information content (AvgIpc) is 2.95. The fraction of sp³-hybridized carbons (Fsp3) is 0.882. The highest BCUT2D eigenvalue weighted by Gasteiger charge is 2.42. The van der Waals surface area contributed by atoms with E-state index in [0.717, 1.165) is 84.4 Å². The molecule has 3 aliphatic heterocycles. The number of likely N-dealkylation sites (tertiary alicyclic amines) is 1. The summed E-state index contributed by atoms with van der Waals surface area (Å²) < 4.78 is 5.39. The first-order valence-electron chi connectivity index (χ1n) is 9.31. The predicted molar refractivity (Wildman–Crippen MR) is 94.1 cm³/mol. The number of carbonyl (C=O) groups excluding carboxylic acids is 1. The Hall–Kier alpha value is -1.34. The molecule has 7 nitrogen and oxygen atoms in total. The van der Waals surface area contributed by atoms with E-state index in [-0.39, 0.29) is 11.3 Å². The van der Waals surface area contributed by atoms with E-state index in [4.69, 9.17) is 9.73 Å². The molecular formula is C17H31N5O2. The maximum Gasteiger partial charge on any atom is 0.220 e. The van der Waals surface area contributed by atoms with Crippen LogP contribution in [0.3, 0.4) is 0 Å². The Morgan fingerprint density at radius 3 is 2.92 bits per heavy atom. The van der Waals surface area contributed by atoms with Crippen LogP contribution in [0.1, 0.15) is 26.2 Å². The largest absolute Gasteiger partial charge is 0.379 e. The molecule has 3 fully saturated rings. The topological polar surface area (TPSA) is 69.2 Å². The summed E-state index contributed by atoms with van der Waals surface area (Å²) in [6.07, 6.45) is 2.93. The quantitative estimate of drug-likeness (QED) is 0.553. The third-order valence-corrected chi connectivity index (χ3v) is 5.27. The number of carbonyl (C=O) groups is 1. The van der Waals surface area contributed by atoms with Crippen molar-refractivity contribution in [1.82, 2.24) is 20.4 Å². The Balaban J connectivity index is 1.57. The fourth-order valence-electron chi connectivity index (χ4n) is 3.98. The van der Waals surface area contributed by atoms with Crippen LogP contribution >= 0.6 is 0 Å². The van der Waals surface area contributed by atoms with E-state index < -0.39 is 0 Å². The van der Waals surface area contributed by atoms with Gasteiger partial charge in [0.1, 0.15) is 0 Å². The van der Waals surface area contributed by atoms with E-state index in [1.807, 2.05) is 0 Å². The lowest BCUT2D eigenvalue weighted by Gasteiger charge is -2.40. The van der Waals surface area contributed by atoms with E-state index in [9.17, 15) is 4.79 Å². The molecule has 2 N–H and O–H groups in total. The molecule has 3 aliphatic rings. The number of aliphatic imine (C=N–C) groups is 1. The Labute approximate surface area is 144 Å². The van der Waals surface area contributed by atoms with Crippen molar-refractivity contribution in [3.8, 4) is 0 Å². The molecule has 7 heteroatoms. The zero-order valence-corrected chi connectivity index (χ0v) is 14.9. The number of nitrogens with zero attached hydrogens (tertiary/aromatic N) is 3. The van der Waals surface area contributed by atoms with Crippen molar-refractivity contribution in [3.05, 3.63) is 0 Å². The van der Waals surface area contributed by atoms with Gasteiger partial charge in [0.25, 0.3) is 0 Å². The lowest BCUT2D eigenvalue weighted by atomic mass is 9.79. The van der Waals surface area contributed by atoms with Crippen LogP contribution in [0.15, 0.2) is 4.99 Å². The summed E-state index contributed by atoms with van der Waals surface area (Å²) in [6.45, 7) is 11.2. The van der Waals surface area contributed by atoms with Gasteiger partial charge in [0.15, 0.2) is 5.96 Å². The van der Waals surface area contributed by atoms with Crippen LogP contribution < -0.4 is 10.6 Å². The van der Waals surface area contributed by atoms with E-state index in [0.29, 0.717) is 6.42 Å². The second kappa shape index (κ2) is 8.16. The second-order valence-corrected chi connectivity index (χ2v) is 7.17. The molecule has 1 amide bonds. The van der Waals surface area contributed by atoms with Gasteiger partial charge in [-0.1, -0.05) is 0 Å². The number of guanidine groups is 1. The first-order valence-corrected chi connectivity index (χ1v) is 9.31. The first-order chi connectivity index (χ1) is 11.7. The van der Waals surface area contributed by atoms with Gasteiger partial charge in [0.05, 0.1) is 19.8 Å². The zero-order valence-electron chi connectivity index (χ0n) is 14.9. The van der Waals surface area contributed by atoms with Gasteiger partial charge < -0.3 is 20.3 Å². The normalized spacial score (nSPS) is 29.1. The zero-order chi connectivity index (χ0) is 16.8. The highest BCUT2D eigenvalue weighted by molar-refractivity contribution is 5.81. The molecule has 0 aliphatic carbocycles. The first kappa shape index (κ1) is 17.5. The van der Waals surface area contributed by atoms with Crippen LogP contribution in [0.4, 0.5) is 0 Å². The number of morpholine rings is 1. The van der Waals surface area contributed by atoms with E-state index in [2.05, 4.69) is 27.4 Å². The summed E-state index contributed by atoms with van der Waals surface area (Å²) in [5.74, 6) is 1.20. The minimum atomic E-state index is 0.107. The Kier molecular flexibility index (Phi) is 5.94. The number of hydrogen-bond acceptors (Lipinski definition) is 4. The minimum absolute atomic E-state index is 0.107. The second-order valence-electron chi connectivity index (χ2n) is 7.17. The molecule has 1 unspecified atom stereocenters. The molecule has 3 saturated heterocycles. The third kappa shape index (κ3) is 4.39. The molecule has 3 heterocycles. The molecule has 1 atom stereocenters. The molecule has 0 aromatic rings. The molecule has 0 radical (unpaired) electrons. The third-order valence-electron chi connectivity index (χ3n) is 5.27. The lowest BCUT2D eigenvalue weighted by Crippen LogP contribution is -2.51. The number of nitrogens with one attached hydrogen (secondary N) is 2. The molecule has 136 valence electrons. The monoisotopic (exact) mass is 337 g/mol.